The fourth-order valence-corrected chi connectivity index (χ4v) is 0.914. The predicted molar refractivity (Wildman–Crippen MR) is 39.3 cm³/mol. The average Bonchev–Trinajstić information content (AvgIpc) is 2.24. The fourth-order valence-electron chi connectivity index (χ4n) is 0.914. The summed E-state index contributed by atoms with van der Waals surface area (Å²) in [6.07, 6.45) is -5.90. The molecule has 0 aromatic carbocycles. The highest BCUT2D eigenvalue weighted by Gasteiger charge is 2.40. The zero-order valence-electron chi connectivity index (χ0n) is 7.85. The number of hydrogen-bond donors (Lipinski definition) is 0. The Bertz CT molecular complexity index is 490. The number of pyridine rings is 1. The number of allylic oxidation sites excluding steroid dienone is 1. The summed E-state index contributed by atoms with van der Waals surface area (Å²) < 4.78 is 111. The van der Waals surface area contributed by atoms with Crippen LogP contribution in [0.4, 0.5) is 39.5 Å². The van der Waals surface area contributed by atoms with E-state index in [2.05, 4.69) is 0 Å². The molecule has 1 nitrogen and oxygen atoms in total. The molecule has 0 spiro atoms. The van der Waals surface area contributed by atoms with Gasteiger partial charge in [-0.25, -0.2) is 13.2 Å². The number of nitrogens with zero attached hydrogens (tertiary/aromatic N) is 1. The third-order valence-electron chi connectivity index (χ3n) is 1.66. The second-order valence-electron chi connectivity index (χ2n) is 2.82. The van der Waals surface area contributed by atoms with Crippen LogP contribution in [0.3, 0.4) is 0 Å². The second-order valence-corrected chi connectivity index (χ2v) is 2.82. The van der Waals surface area contributed by atoms with E-state index >= 15 is 0 Å². The second kappa shape index (κ2) is 4.50. The first-order valence-corrected chi connectivity index (χ1v) is 3.90. The van der Waals surface area contributed by atoms with Crippen molar-refractivity contribution in [1.29, 1.82) is 0 Å². The topological polar surface area (TPSA) is 12.9 Å². The number of aromatic nitrogens is 1. The van der Waals surface area contributed by atoms with Gasteiger partial charge in [0.1, 0.15) is 0 Å². The van der Waals surface area contributed by atoms with Gasteiger partial charge in [-0.05, 0) is 0 Å². The van der Waals surface area contributed by atoms with Crippen LogP contribution in [0.1, 0.15) is 5.56 Å². The molecule has 0 saturated carbocycles. The van der Waals surface area contributed by atoms with Gasteiger partial charge in [-0.15, -0.1) is 0 Å². The summed E-state index contributed by atoms with van der Waals surface area (Å²) in [4.78, 5) is 1.96. The molecule has 1 heterocycles. The molecule has 0 fully saturated rings. The van der Waals surface area contributed by atoms with Crippen LogP contribution < -0.4 is 0 Å². The van der Waals surface area contributed by atoms with E-state index in [-0.39, 0.29) is 0 Å². The van der Waals surface area contributed by atoms with Crippen LogP contribution in [0.15, 0.2) is 5.83 Å². The van der Waals surface area contributed by atoms with Crippen molar-refractivity contribution in [2.45, 2.75) is 6.18 Å². The van der Waals surface area contributed by atoms with E-state index in [1.54, 1.807) is 0 Å². The van der Waals surface area contributed by atoms with E-state index in [1.165, 1.54) is 0 Å². The summed E-state index contributed by atoms with van der Waals surface area (Å²) in [5, 5.41) is 0. The van der Waals surface area contributed by atoms with Crippen LogP contribution in [0, 0.1) is 23.5 Å². The van der Waals surface area contributed by atoms with Crippen LogP contribution in [0.5, 0.6) is 0 Å². The quantitative estimate of drug-likeness (QED) is 0.563. The Balaban J connectivity index is 3.62. The van der Waals surface area contributed by atoms with E-state index in [4.69, 9.17) is 0 Å². The molecule has 10 heteroatoms. The third kappa shape index (κ3) is 2.41. The zero-order valence-corrected chi connectivity index (χ0v) is 7.85. The summed E-state index contributed by atoms with van der Waals surface area (Å²) in [6.45, 7) is 0. The van der Waals surface area contributed by atoms with Gasteiger partial charge in [-0.3, -0.25) is 0 Å². The summed E-state index contributed by atoms with van der Waals surface area (Å²) >= 11 is 0. The minimum Gasteiger partial charge on any atom is -0.203 e. The van der Waals surface area contributed by atoms with E-state index in [0.29, 0.717) is 0 Å². The molecule has 0 aliphatic heterocycles. The number of hydrogen-bond acceptors (Lipinski definition) is 1. The van der Waals surface area contributed by atoms with Gasteiger partial charge in [-0.1, -0.05) is 0 Å². The Hall–Kier alpha value is -1.74. The molecule has 1 aromatic rings. The maximum Gasteiger partial charge on any atom is 0.445 e. The SMILES string of the molecule is F/C(=C(/F)C(F)(F)F)c1c(F)c(F)nc(F)c1F. The summed E-state index contributed by atoms with van der Waals surface area (Å²) in [5.74, 6) is -16.6. The lowest BCUT2D eigenvalue weighted by atomic mass is 10.2. The number of halogens is 9. The van der Waals surface area contributed by atoms with Gasteiger partial charge in [0.05, 0.1) is 5.56 Å². The van der Waals surface area contributed by atoms with Crippen LogP contribution in [-0.4, -0.2) is 11.2 Å². The van der Waals surface area contributed by atoms with E-state index in [1.807, 2.05) is 4.98 Å². The van der Waals surface area contributed by atoms with Gasteiger partial charge >= 0.3 is 6.18 Å². The maximum atomic E-state index is 12.8. The molecule has 0 unspecified atom stereocenters. The standard InChI is InChI=1S/C8F9N/c9-2(5(12)8(15,16)17)1-3(10)6(13)18-7(14)4(1)11/b5-2+. The van der Waals surface area contributed by atoms with Crippen molar-refractivity contribution in [2.24, 2.45) is 0 Å². The van der Waals surface area contributed by atoms with Crippen molar-refractivity contribution in [3.63, 3.8) is 0 Å². The molecule has 0 aliphatic carbocycles. The Morgan fingerprint density at radius 3 is 1.56 bits per heavy atom. The summed E-state index contributed by atoms with van der Waals surface area (Å²) in [7, 11) is 0. The molecular weight excluding hydrogens is 281 g/mol. The first kappa shape index (κ1) is 14.3. The summed E-state index contributed by atoms with van der Waals surface area (Å²) in [5.41, 5.74) is -2.45. The van der Waals surface area contributed by atoms with Crippen molar-refractivity contribution in [3.05, 3.63) is 34.9 Å². The molecule has 0 atom stereocenters. The molecule has 0 radical (unpaired) electrons. The Morgan fingerprint density at radius 2 is 1.22 bits per heavy atom. The number of rotatable bonds is 1. The smallest absolute Gasteiger partial charge is 0.203 e. The largest absolute Gasteiger partial charge is 0.445 e. The Morgan fingerprint density at radius 1 is 0.833 bits per heavy atom. The van der Waals surface area contributed by atoms with Gasteiger partial charge < -0.3 is 0 Å². The van der Waals surface area contributed by atoms with Crippen LogP contribution in [0.25, 0.3) is 5.83 Å². The van der Waals surface area contributed by atoms with Crippen LogP contribution in [-0.2, 0) is 0 Å². The monoisotopic (exact) mass is 281 g/mol. The van der Waals surface area contributed by atoms with Crippen molar-refractivity contribution >= 4 is 5.83 Å². The highest BCUT2D eigenvalue weighted by Crippen LogP contribution is 2.36. The molecule has 1 rings (SSSR count). The van der Waals surface area contributed by atoms with Crippen LogP contribution >= 0.6 is 0 Å². The van der Waals surface area contributed by atoms with Crippen molar-refractivity contribution < 1.29 is 39.5 Å². The fraction of sp³-hybridized carbons (Fsp3) is 0.125. The molecule has 0 saturated heterocycles. The van der Waals surface area contributed by atoms with E-state index in [0.717, 1.165) is 0 Å². The van der Waals surface area contributed by atoms with Gasteiger partial charge in [0.2, 0.25) is 5.83 Å². The molecule has 100 valence electrons. The first-order chi connectivity index (χ1) is 8.07. The Labute approximate surface area is 92.5 Å². The minimum atomic E-state index is -5.90. The molecule has 0 N–H and O–H groups in total. The molecule has 0 aliphatic rings. The molecule has 0 bridgehead atoms. The van der Waals surface area contributed by atoms with Crippen molar-refractivity contribution in [3.8, 4) is 0 Å². The highest BCUT2D eigenvalue weighted by atomic mass is 19.4. The van der Waals surface area contributed by atoms with Crippen molar-refractivity contribution in [2.75, 3.05) is 0 Å². The molecular formula is C8F9N. The van der Waals surface area contributed by atoms with Gasteiger partial charge in [0.25, 0.3) is 11.9 Å². The molecule has 1 aromatic heterocycles. The van der Waals surface area contributed by atoms with Gasteiger partial charge in [0, 0.05) is 0 Å². The number of alkyl halides is 3. The van der Waals surface area contributed by atoms with E-state index < -0.39 is 46.9 Å². The van der Waals surface area contributed by atoms with Crippen molar-refractivity contribution in [1.82, 2.24) is 4.98 Å². The molecule has 0 amide bonds. The first-order valence-electron chi connectivity index (χ1n) is 3.90. The predicted octanol–water partition coefficient (Wildman–Crippen LogP) is 3.81. The summed E-state index contributed by atoms with van der Waals surface area (Å²) in [6, 6.07) is 0. The van der Waals surface area contributed by atoms with Gasteiger partial charge in [-0.2, -0.15) is 31.3 Å². The van der Waals surface area contributed by atoms with E-state index in [9.17, 15) is 39.5 Å². The third-order valence-corrected chi connectivity index (χ3v) is 1.66. The highest BCUT2D eigenvalue weighted by molar-refractivity contribution is 5.62. The van der Waals surface area contributed by atoms with Gasteiger partial charge in [0.15, 0.2) is 17.5 Å². The lowest BCUT2D eigenvalue weighted by molar-refractivity contribution is -0.108. The Kier molecular flexibility index (Phi) is 3.58. The minimum absolute atomic E-state index is 1.96. The average molecular weight is 281 g/mol. The molecule has 18 heavy (non-hydrogen) atoms. The maximum absolute atomic E-state index is 12.8. The normalized spacial score (nSPS) is 13.6. The zero-order chi connectivity index (χ0) is 14.2. The van der Waals surface area contributed by atoms with Crippen LogP contribution in [0.2, 0.25) is 0 Å². The lowest BCUT2D eigenvalue weighted by Crippen LogP contribution is -2.12. The lowest BCUT2D eigenvalue weighted by Gasteiger charge is -2.07.